The molecule has 0 bridgehead atoms. The number of thiophene rings is 1. The highest BCUT2D eigenvalue weighted by Crippen LogP contribution is 2.24. The standard InChI is InChI=1S/C14H12FN3S/c15-13-10(3-1-4-11(13)16)9-18-7-6-17-14(18)12-5-2-8-19-12/h1-8H,9,16H2. The maximum absolute atomic E-state index is 13.9. The molecule has 0 unspecified atom stereocenters. The molecule has 0 aliphatic rings. The van der Waals surface area contributed by atoms with Gasteiger partial charge in [0.2, 0.25) is 0 Å². The van der Waals surface area contributed by atoms with Crippen molar-refractivity contribution in [1.82, 2.24) is 9.55 Å². The van der Waals surface area contributed by atoms with Gasteiger partial charge in [-0.1, -0.05) is 18.2 Å². The Morgan fingerprint density at radius 2 is 2.16 bits per heavy atom. The van der Waals surface area contributed by atoms with E-state index in [4.69, 9.17) is 5.73 Å². The van der Waals surface area contributed by atoms with Crippen LogP contribution >= 0.6 is 11.3 Å². The van der Waals surface area contributed by atoms with E-state index in [1.54, 1.807) is 35.7 Å². The van der Waals surface area contributed by atoms with Gasteiger partial charge in [-0.15, -0.1) is 11.3 Å². The lowest BCUT2D eigenvalue weighted by Gasteiger charge is -2.09. The summed E-state index contributed by atoms with van der Waals surface area (Å²) < 4.78 is 15.8. The Morgan fingerprint density at radius 1 is 1.26 bits per heavy atom. The number of benzene rings is 1. The van der Waals surface area contributed by atoms with Crippen molar-refractivity contribution in [2.24, 2.45) is 0 Å². The number of hydrogen-bond donors (Lipinski definition) is 1. The quantitative estimate of drug-likeness (QED) is 0.743. The minimum atomic E-state index is -0.353. The second-order valence-corrected chi connectivity index (χ2v) is 5.12. The van der Waals surface area contributed by atoms with E-state index in [2.05, 4.69) is 4.98 Å². The lowest BCUT2D eigenvalue weighted by molar-refractivity contribution is 0.605. The van der Waals surface area contributed by atoms with Crippen LogP contribution in [0.15, 0.2) is 48.1 Å². The maximum atomic E-state index is 13.9. The Morgan fingerprint density at radius 3 is 2.95 bits per heavy atom. The molecule has 0 fully saturated rings. The SMILES string of the molecule is Nc1cccc(Cn2ccnc2-c2cccs2)c1F. The highest BCUT2D eigenvalue weighted by atomic mass is 32.1. The summed E-state index contributed by atoms with van der Waals surface area (Å²) in [4.78, 5) is 5.39. The van der Waals surface area contributed by atoms with Crippen molar-refractivity contribution in [2.45, 2.75) is 6.54 Å². The Kier molecular flexibility index (Phi) is 3.05. The molecule has 1 aromatic carbocycles. The van der Waals surface area contributed by atoms with Gasteiger partial charge in [0.1, 0.15) is 5.82 Å². The Hall–Kier alpha value is -2.14. The Labute approximate surface area is 114 Å². The van der Waals surface area contributed by atoms with Gasteiger partial charge in [0.25, 0.3) is 0 Å². The molecule has 0 saturated heterocycles. The lowest BCUT2D eigenvalue weighted by Crippen LogP contribution is -2.04. The molecule has 2 N–H and O–H groups in total. The molecule has 0 aliphatic carbocycles. The monoisotopic (exact) mass is 273 g/mol. The van der Waals surface area contributed by atoms with E-state index < -0.39 is 0 Å². The molecule has 3 aromatic rings. The van der Waals surface area contributed by atoms with Gasteiger partial charge in [-0.25, -0.2) is 9.37 Å². The number of imidazole rings is 1. The van der Waals surface area contributed by atoms with E-state index in [0.29, 0.717) is 12.1 Å². The van der Waals surface area contributed by atoms with Gasteiger partial charge in [0.15, 0.2) is 5.82 Å². The first-order valence-corrected chi connectivity index (χ1v) is 6.71. The second-order valence-electron chi connectivity index (χ2n) is 4.18. The van der Waals surface area contributed by atoms with Crippen molar-refractivity contribution in [3.8, 4) is 10.7 Å². The minimum Gasteiger partial charge on any atom is -0.396 e. The van der Waals surface area contributed by atoms with Crippen LogP contribution in [-0.2, 0) is 6.54 Å². The fourth-order valence-electron chi connectivity index (χ4n) is 1.97. The Bertz CT molecular complexity index is 689. The molecule has 96 valence electrons. The largest absolute Gasteiger partial charge is 0.396 e. The molecule has 0 radical (unpaired) electrons. The van der Waals surface area contributed by atoms with Crippen molar-refractivity contribution in [3.63, 3.8) is 0 Å². The molecule has 0 spiro atoms. The molecule has 0 aliphatic heterocycles. The van der Waals surface area contributed by atoms with Gasteiger partial charge in [-0.05, 0) is 17.5 Å². The molecule has 5 heteroatoms. The van der Waals surface area contributed by atoms with Gasteiger partial charge < -0.3 is 10.3 Å². The van der Waals surface area contributed by atoms with Gasteiger partial charge in [-0.2, -0.15) is 0 Å². The van der Waals surface area contributed by atoms with Crippen molar-refractivity contribution < 1.29 is 4.39 Å². The van der Waals surface area contributed by atoms with Gasteiger partial charge in [0, 0.05) is 18.0 Å². The number of anilines is 1. The molecule has 19 heavy (non-hydrogen) atoms. The van der Waals surface area contributed by atoms with Crippen LogP contribution in [0.3, 0.4) is 0 Å². The van der Waals surface area contributed by atoms with E-state index >= 15 is 0 Å². The van der Waals surface area contributed by atoms with Crippen LogP contribution in [0.2, 0.25) is 0 Å². The summed E-state index contributed by atoms with van der Waals surface area (Å²) in [6, 6.07) is 9.03. The van der Waals surface area contributed by atoms with E-state index in [-0.39, 0.29) is 11.5 Å². The van der Waals surface area contributed by atoms with Crippen molar-refractivity contribution in [2.75, 3.05) is 5.73 Å². The lowest BCUT2D eigenvalue weighted by atomic mass is 10.2. The molecule has 2 aromatic heterocycles. The molecule has 2 heterocycles. The number of nitrogens with two attached hydrogens (primary N) is 1. The zero-order chi connectivity index (χ0) is 13.2. The number of nitrogen functional groups attached to an aromatic ring is 1. The zero-order valence-corrected chi connectivity index (χ0v) is 10.9. The third-order valence-corrected chi connectivity index (χ3v) is 3.77. The molecule has 0 amide bonds. The highest BCUT2D eigenvalue weighted by molar-refractivity contribution is 7.13. The van der Waals surface area contributed by atoms with Crippen molar-refractivity contribution in [3.05, 3.63) is 59.5 Å². The van der Waals surface area contributed by atoms with Gasteiger partial charge in [-0.3, -0.25) is 0 Å². The van der Waals surface area contributed by atoms with Crippen molar-refractivity contribution in [1.29, 1.82) is 0 Å². The second kappa shape index (κ2) is 4.85. The molecular weight excluding hydrogens is 261 g/mol. The molecule has 0 atom stereocenters. The minimum absolute atomic E-state index is 0.176. The van der Waals surface area contributed by atoms with E-state index in [1.807, 2.05) is 28.3 Å². The number of rotatable bonds is 3. The fraction of sp³-hybridized carbons (Fsp3) is 0.0714. The highest BCUT2D eigenvalue weighted by Gasteiger charge is 2.10. The summed E-state index contributed by atoms with van der Waals surface area (Å²) in [6.45, 7) is 0.421. The average molecular weight is 273 g/mol. The smallest absolute Gasteiger partial charge is 0.151 e. The van der Waals surface area contributed by atoms with Crippen LogP contribution in [0.4, 0.5) is 10.1 Å². The maximum Gasteiger partial charge on any atom is 0.151 e. The van der Waals surface area contributed by atoms with E-state index in [0.717, 1.165) is 10.7 Å². The summed E-state index contributed by atoms with van der Waals surface area (Å²) in [7, 11) is 0. The summed E-state index contributed by atoms with van der Waals surface area (Å²) >= 11 is 1.61. The summed E-state index contributed by atoms with van der Waals surface area (Å²) in [6.07, 6.45) is 3.57. The fourth-order valence-corrected chi connectivity index (χ4v) is 2.71. The van der Waals surface area contributed by atoms with Crippen LogP contribution in [0.25, 0.3) is 10.7 Å². The molecule has 0 saturated carbocycles. The van der Waals surface area contributed by atoms with Gasteiger partial charge >= 0.3 is 0 Å². The zero-order valence-electron chi connectivity index (χ0n) is 10.1. The first-order chi connectivity index (χ1) is 9.25. The average Bonchev–Trinajstić information content (AvgIpc) is 3.05. The van der Waals surface area contributed by atoms with Gasteiger partial charge in [0.05, 0.1) is 17.1 Å². The van der Waals surface area contributed by atoms with Crippen LogP contribution in [-0.4, -0.2) is 9.55 Å². The molecule has 3 nitrogen and oxygen atoms in total. The predicted molar refractivity (Wildman–Crippen MR) is 75.5 cm³/mol. The third kappa shape index (κ3) is 2.24. The number of aromatic nitrogens is 2. The summed E-state index contributed by atoms with van der Waals surface area (Å²) in [5.41, 5.74) is 6.33. The first kappa shape index (κ1) is 11.9. The normalized spacial score (nSPS) is 10.8. The van der Waals surface area contributed by atoms with Crippen LogP contribution < -0.4 is 5.73 Å². The van der Waals surface area contributed by atoms with Crippen LogP contribution in [0.1, 0.15) is 5.56 Å². The van der Waals surface area contributed by atoms with E-state index in [9.17, 15) is 4.39 Å². The third-order valence-electron chi connectivity index (χ3n) is 2.91. The molecular formula is C14H12FN3S. The van der Waals surface area contributed by atoms with Crippen LogP contribution in [0, 0.1) is 5.82 Å². The van der Waals surface area contributed by atoms with E-state index in [1.165, 1.54) is 0 Å². The number of halogens is 1. The predicted octanol–water partition coefficient (Wildman–Crippen LogP) is 3.38. The molecule has 3 rings (SSSR count). The number of nitrogens with zero attached hydrogens (tertiary/aromatic N) is 2. The number of hydrogen-bond acceptors (Lipinski definition) is 3. The Balaban J connectivity index is 1.97. The van der Waals surface area contributed by atoms with Crippen molar-refractivity contribution >= 4 is 17.0 Å². The van der Waals surface area contributed by atoms with Crippen LogP contribution in [0.5, 0.6) is 0 Å². The topological polar surface area (TPSA) is 43.8 Å². The first-order valence-electron chi connectivity index (χ1n) is 5.83. The summed E-state index contributed by atoms with van der Waals surface area (Å²) in [5, 5.41) is 2.00. The summed E-state index contributed by atoms with van der Waals surface area (Å²) in [5.74, 6) is 0.491.